The number of nitrogens with zero attached hydrogens (tertiary/aromatic N) is 2. The van der Waals surface area contributed by atoms with Crippen molar-refractivity contribution in [2.24, 2.45) is 0 Å². The molecule has 1 N–H and O–H groups in total. The summed E-state index contributed by atoms with van der Waals surface area (Å²) in [5.74, 6) is 1.04. The van der Waals surface area contributed by atoms with Crippen LogP contribution in [0.2, 0.25) is 0 Å². The number of imidazole rings is 1. The van der Waals surface area contributed by atoms with Gasteiger partial charge in [0.1, 0.15) is 5.82 Å². The van der Waals surface area contributed by atoms with Crippen LogP contribution in [0.15, 0.2) is 60.8 Å². The minimum absolute atomic E-state index is 0.0587. The largest absolute Gasteiger partial charge is 0.396 e. The van der Waals surface area contributed by atoms with Gasteiger partial charge in [-0.25, -0.2) is 4.98 Å². The van der Waals surface area contributed by atoms with E-state index in [9.17, 15) is 0 Å². The third-order valence-corrected chi connectivity index (χ3v) is 4.06. The maximum absolute atomic E-state index is 9.07. The first kappa shape index (κ1) is 16.5. The smallest absolute Gasteiger partial charge is 0.119 e. The molecule has 3 aromatic rings. The van der Waals surface area contributed by atoms with E-state index in [0.29, 0.717) is 6.42 Å². The summed E-state index contributed by atoms with van der Waals surface area (Å²) in [5.41, 5.74) is 4.29. The highest BCUT2D eigenvalue weighted by molar-refractivity contribution is 5.59. The van der Waals surface area contributed by atoms with Crippen molar-refractivity contribution in [1.29, 1.82) is 0 Å². The lowest BCUT2D eigenvalue weighted by molar-refractivity contribution is 0.299. The van der Waals surface area contributed by atoms with Gasteiger partial charge in [-0.2, -0.15) is 0 Å². The Morgan fingerprint density at radius 2 is 1.62 bits per heavy atom. The zero-order valence-electron chi connectivity index (χ0n) is 14.5. The van der Waals surface area contributed by atoms with Gasteiger partial charge in [-0.3, -0.25) is 0 Å². The lowest BCUT2D eigenvalue weighted by Crippen LogP contribution is -2.18. The Bertz CT molecular complexity index is 796. The fraction of sp³-hybridized carbons (Fsp3) is 0.286. The molecule has 0 amide bonds. The SMILES string of the molecule is CC(C)(C)c1nc(-c2ccccc2)cn1-c1ccc(CCO)cc1. The molecule has 3 rings (SSSR count). The molecule has 1 heterocycles. The van der Waals surface area contributed by atoms with Crippen molar-refractivity contribution in [3.63, 3.8) is 0 Å². The summed E-state index contributed by atoms with van der Waals surface area (Å²) in [6.07, 6.45) is 2.79. The lowest BCUT2D eigenvalue weighted by Gasteiger charge is -2.19. The van der Waals surface area contributed by atoms with E-state index in [4.69, 9.17) is 10.1 Å². The highest BCUT2D eigenvalue weighted by Gasteiger charge is 2.23. The Morgan fingerprint density at radius 3 is 2.21 bits per heavy atom. The van der Waals surface area contributed by atoms with Gasteiger partial charge in [0.05, 0.1) is 5.69 Å². The minimum Gasteiger partial charge on any atom is -0.396 e. The van der Waals surface area contributed by atoms with Gasteiger partial charge in [0.15, 0.2) is 0 Å². The summed E-state index contributed by atoms with van der Waals surface area (Å²) >= 11 is 0. The molecule has 0 aliphatic rings. The van der Waals surface area contributed by atoms with Crippen LogP contribution in [0.4, 0.5) is 0 Å². The first-order valence-electron chi connectivity index (χ1n) is 8.34. The molecule has 3 heteroatoms. The van der Waals surface area contributed by atoms with Crippen molar-refractivity contribution in [3.8, 4) is 16.9 Å². The molecule has 0 spiro atoms. The molecule has 2 aromatic carbocycles. The van der Waals surface area contributed by atoms with Crippen LogP contribution in [0.5, 0.6) is 0 Å². The molecule has 1 aromatic heterocycles. The second-order valence-corrected chi connectivity index (χ2v) is 7.08. The number of aliphatic hydroxyl groups excluding tert-OH is 1. The van der Waals surface area contributed by atoms with E-state index in [0.717, 1.165) is 28.3 Å². The van der Waals surface area contributed by atoms with Crippen LogP contribution in [-0.4, -0.2) is 21.3 Å². The maximum atomic E-state index is 9.07. The predicted octanol–water partition coefficient (Wildman–Crippen LogP) is 4.37. The molecule has 0 aliphatic heterocycles. The summed E-state index contributed by atoms with van der Waals surface area (Å²) in [6.45, 7) is 6.72. The number of benzene rings is 2. The molecule has 3 nitrogen and oxygen atoms in total. The topological polar surface area (TPSA) is 38.0 Å². The number of hydrogen-bond donors (Lipinski definition) is 1. The third-order valence-electron chi connectivity index (χ3n) is 4.06. The van der Waals surface area contributed by atoms with E-state index < -0.39 is 0 Å². The van der Waals surface area contributed by atoms with Crippen molar-refractivity contribution in [1.82, 2.24) is 9.55 Å². The first-order valence-corrected chi connectivity index (χ1v) is 8.34. The van der Waals surface area contributed by atoms with E-state index in [1.54, 1.807) is 0 Å². The number of hydrogen-bond acceptors (Lipinski definition) is 2. The summed E-state index contributed by atoms with van der Waals surface area (Å²) in [6, 6.07) is 18.6. The Kier molecular flexibility index (Phi) is 4.54. The van der Waals surface area contributed by atoms with E-state index in [1.165, 1.54) is 0 Å². The van der Waals surface area contributed by atoms with Gasteiger partial charge in [0.2, 0.25) is 0 Å². The molecule has 0 aliphatic carbocycles. The van der Waals surface area contributed by atoms with E-state index >= 15 is 0 Å². The second kappa shape index (κ2) is 6.62. The van der Waals surface area contributed by atoms with Crippen LogP contribution in [0.25, 0.3) is 16.9 Å². The Hall–Kier alpha value is -2.39. The summed E-state index contributed by atoms with van der Waals surface area (Å²) in [4.78, 5) is 4.91. The molecule has 124 valence electrons. The highest BCUT2D eigenvalue weighted by Crippen LogP contribution is 2.29. The van der Waals surface area contributed by atoms with Crippen LogP contribution >= 0.6 is 0 Å². The van der Waals surface area contributed by atoms with Gasteiger partial charge >= 0.3 is 0 Å². The molecule has 0 saturated heterocycles. The van der Waals surface area contributed by atoms with Crippen molar-refractivity contribution < 1.29 is 5.11 Å². The highest BCUT2D eigenvalue weighted by atomic mass is 16.2. The van der Waals surface area contributed by atoms with Gasteiger partial charge in [-0.15, -0.1) is 0 Å². The number of aromatic nitrogens is 2. The van der Waals surface area contributed by atoms with Gasteiger partial charge in [-0.1, -0.05) is 63.2 Å². The zero-order chi connectivity index (χ0) is 17.2. The van der Waals surface area contributed by atoms with E-state index in [1.807, 2.05) is 18.2 Å². The third kappa shape index (κ3) is 3.41. The molecule has 0 atom stereocenters. The number of rotatable bonds is 4. The van der Waals surface area contributed by atoms with Crippen molar-refractivity contribution in [2.75, 3.05) is 6.61 Å². The van der Waals surface area contributed by atoms with E-state index in [2.05, 4.69) is 67.9 Å². The number of aliphatic hydroxyl groups is 1. The molecule has 0 unspecified atom stereocenters. The van der Waals surface area contributed by atoms with Gasteiger partial charge < -0.3 is 9.67 Å². The zero-order valence-corrected chi connectivity index (χ0v) is 14.5. The van der Waals surface area contributed by atoms with Gasteiger partial charge in [-0.05, 0) is 24.1 Å². The lowest BCUT2D eigenvalue weighted by atomic mass is 9.95. The monoisotopic (exact) mass is 320 g/mol. The summed E-state index contributed by atoms with van der Waals surface area (Å²) in [5, 5.41) is 9.07. The molecule has 0 fully saturated rings. The Morgan fingerprint density at radius 1 is 0.958 bits per heavy atom. The van der Waals surface area contributed by atoms with Crippen LogP contribution < -0.4 is 0 Å². The fourth-order valence-corrected chi connectivity index (χ4v) is 2.81. The van der Waals surface area contributed by atoms with Gasteiger partial charge in [0.25, 0.3) is 0 Å². The minimum atomic E-state index is -0.0587. The van der Waals surface area contributed by atoms with E-state index in [-0.39, 0.29) is 12.0 Å². The Labute approximate surface area is 143 Å². The molecule has 0 radical (unpaired) electrons. The average Bonchev–Trinajstić information content (AvgIpc) is 3.02. The quantitative estimate of drug-likeness (QED) is 0.775. The standard InChI is InChI=1S/C21H24N2O/c1-21(2,3)20-22-19(17-7-5-4-6-8-17)15-23(20)18-11-9-16(10-12-18)13-14-24/h4-12,15,24H,13-14H2,1-3H3. The first-order chi connectivity index (χ1) is 11.5. The maximum Gasteiger partial charge on any atom is 0.119 e. The molecular weight excluding hydrogens is 296 g/mol. The van der Waals surface area contributed by atoms with Gasteiger partial charge in [0, 0.05) is 29.5 Å². The normalized spacial score (nSPS) is 11.7. The summed E-state index contributed by atoms with van der Waals surface area (Å²) < 4.78 is 2.17. The summed E-state index contributed by atoms with van der Waals surface area (Å²) in [7, 11) is 0. The van der Waals surface area contributed by atoms with Crippen molar-refractivity contribution >= 4 is 0 Å². The van der Waals surface area contributed by atoms with Crippen molar-refractivity contribution in [3.05, 3.63) is 72.2 Å². The molecule has 0 bridgehead atoms. The average molecular weight is 320 g/mol. The van der Waals surface area contributed by atoms with Crippen LogP contribution in [0, 0.1) is 0 Å². The second-order valence-electron chi connectivity index (χ2n) is 7.08. The molecule has 0 saturated carbocycles. The van der Waals surface area contributed by atoms with Crippen LogP contribution in [0.1, 0.15) is 32.2 Å². The van der Waals surface area contributed by atoms with Crippen molar-refractivity contribution in [2.45, 2.75) is 32.6 Å². The fourth-order valence-electron chi connectivity index (χ4n) is 2.81. The van der Waals surface area contributed by atoms with Crippen LogP contribution in [-0.2, 0) is 11.8 Å². The molecular formula is C21H24N2O. The molecule has 24 heavy (non-hydrogen) atoms. The predicted molar refractivity (Wildman–Crippen MR) is 98.5 cm³/mol. The Balaban J connectivity index is 2.07. The van der Waals surface area contributed by atoms with Crippen LogP contribution in [0.3, 0.4) is 0 Å².